The van der Waals surface area contributed by atoms with Crippen LogP contribution in [0.3, 0.4) is 0 Å². The predicted molar refractivity (Wildman–Crippen MR) is 69.7 cm³/mol. The first-order valence-electron chi connectivity index (χ1n) is 4.68. The Morgan fingerprint density at radius 3 is 2.67 bits per heavy atom. The van der Waals surface area contributed by atoms with E-state index in [-0.39, 0.29) is 32.2 Å². The first kappa shape index (κ1) is 13.0. The second kappa shape index (κ2) is 5.06. The number of nitrogens with zero attached hydrogens (tertiary/aromatic N) is 1. The van der Waals surface area contributed by atoms with Gasteiger partial charge < -0.3 is 10.4 Å². The van der Waals surface area contributed by atoms with Gasteiger partial charge in [0.2, 0.25) is 0 Å². The monoisotopic (exact) mass is 305 g/mol. The van der Waals surface area contributed by atoms with E-state index in [9.17, 15) is 9.90 Å². The van der Waals surface area contributed by atoms with E-state index in [0.717, 1.165) is 0 Å². The number of carbonyl (C=O) groups excluding carboxylic acids is 1. The van der Waals surface area contributed by atoms with Crippen LogP contribution in [0.15, 0.2) is 18.3 Å². The number of aromatic hydroxyl groups is 1. The Labute approximate surface area is 117 Å². The van der Waals surface area contributed by atoms with Crippen molar-refractivity contribution in [1.82, 2.24) is 10.2 Å². The third-order valence-electron chi connectivity index (χ3n) is 2.13. The average Bonchev–Trinajstić information content (AvgIpc) is 2.85. The Hall–Kier alpha value is -1.43. The lowest BCUT2D eigenvalue weighted by molar-refractivity contribution is 0.102. The van der Waals surface area contributed by atoms with Crippen molar-refractivity contribution < 1.29 is 9.90 Å². The molecule has 0 radical (unpaired) electrons. The molecule has 0 saturated carbocycles. The molecule has 8 heteroatoms. The maximum absolute atomic E-state index is 11.8. The quantitative estimate of drug-likeness (QED) is 0.588. The fraction of sp³-hybridized carbons (Fsp3) is 0. The number of phenolic OH excluding ortho intramolecular Hbond substituents is 1. The summed E-state index contributed by atoms with van der Waals surface area (Å²) in [7, 11) is 0. The number of anilines is 1. The Balaban J connectivity index is 2.38. The number of H-pyrrole nitrogens is 1. The minimum Gasteiger partial charge on any atom is -0.504 e. The standard InChI is InChI=1S/C10H6Cl3N3O2/c11-4-3-5(12)9(17)8(7(4)13)15-10(18)6-1-2-14-16-6/h1-3,17H,(H,14,16)(H,15,18). The summed E-state index contributed by atoms with van der Waals surface area (Å²) in [5.74, 6) is -0.873. The number of halogens is 3. The first-order valence-corrected chi connectivity index (χ1v) is 5.81. The van der Waals surface area contributed by atoms with Gasteiger partial charge in [0.25, 0.3) is 5.91 Å². The molecule has 0 fully saturated rings. The summed E-state index contributed by atoms with van der Waals surface area (Å²) < 4.78 is 0. The van der Waals surface area contributed by atoms with Crippen molar-refractivity contribution in [3.8, 4) is 5.75 Å². The lowest BCUT2D eigenvalue weighted by atomic mass is 10.2. The number of phenols is 1. The van der Waals surface area contributed by atoms with E-state index in [1.165, 1.54) is 18.3 Å². The van der Waals surface area contributed by atoms with Gasteiger partial charge in [-0.2, -0.15) is 5.10 Å². The van der Waals surface area contributed by atoms with Crippen molar-refractivity contribution >= 4 is 46.4 Å². The molecule has 1 amide bonds. The van der Waals surface area contributed by atoms with Gasteiger partial charge in [-0.1, -0.05) is 34.8 Å². The second-order valence-corrected chi connectivity index (χ2v) is 4.49. The molecule has 0 aliphatic carbocycles. The van der Waals surface area contributed by atoms with E-state index in [1.54, 1.807) is 0 Å². The Bertz CT molecular complexity index is 573. The zero-order valence-electron chi connectivity index (χ0n) is 8.67. The molecule has 0 spiro atoms. The normalized spacial score (nSPS) is 10.4. The van der Waals surface area contributed by atoms with Crippen LogP contribution >= 0.6 is 34.8 Å². The van der Waals surface area contributed by atoms with Crippen LogP contribution < -0.4 is 5.32 Å². The summed E-state index contributed by atoms with van der Waals surface area (Å²) in [6, 6.07) is 2.75. The van der Waals surface area contributed by atoms with Gasteiger partial charge in [-0.05, 0) is 12.1 Å². The van der Waals surface area contributed by atoms with Crippen LogP contribution in [0.5, 0.6) is 5.75 Å². The second-order valence-electron chi connectivity index (χ2n) is 3.30. The molecule has 0 aliphatic rings. The number of carbonyl (C=O) groups is 1. The maximum Gasteiger partial charge on any atom is 0.273 e. The molecule has 94 valence electrons. The molecule has 0 aliphatic heterocycles. The van der Waals surface area contributed by atoms with Gasteiger partial charge in [-0.15, -0.1) is 0 Å². The highest BCUT2D eigenvalue weighted by Crippen LogP contribution is 2.42. The molecule has 0 saturated heterocycles. The first-order chi connectivity index (χ1) is 8.50. The molecule has 0 atom stereocenters. The minimum absolute atomic E-state index is 0.00596. The maximum atomic E-state index is 11.8. The highest BCUT2D eigenvalue weighted by atomic mass is 35.5. The molecule has 2 rings (SSSR count). The van der Waals surface area contributed by atoms with Crippen molar-refractivity contribution in [2.75, 3.05) is 5.32 Å². The Kier molecular flexibility index (Phi) is 3.65. The third kappa shape index (κ3) is 2.38. The number of aromatic nitrogens is 2. The zero-order chi connectivity index (χ0) is 13.3. The van der Waals surface area contributed by atoms with Crippen LogP contribution in [-0.2, 0) is 0 Å². The van der Waals surface area contributed by atoms with Crippen molar-refractivity contribution in [2.45, 2.75) is 0 Å². The minimum atomic E-state index is -0.525. The molecule has 1 heterocycles. The highest BCUT2D eigenvalue weighted by molar-refractivity contribution is 6.46. The van der Waals surface area contributed by atoms with Crippen LogP contribution in [0, 0.1) is 0 Å². The van der Waals surface area contributed by atoms with Crippen molar-refractivity contribution in [3.05, 3.63) is 39.1 Å². The van der Waals surface area contributed by atoms with E-state index >= 15 is 0 Å². The largest absolute Gasteiger partial charge is 0.504 e. The summed E-state index contributed by atoms with van der Waals surface area (Å²) in [5, 5.41) is 18.4. The molecule has 1 aromatic heterocycles. The van der Waals surface area contributed by atoms with Gasteiger partial charge >= 0.3 is 0 Å². The van der Waals surface area contributed by atoms with E-state index in [2.05, 4.69) is 15.5 Å². The fourth-order valence-corrected chi connectivity index (χ4v) is 1.92. The van der Waals surface area contributed by atoms with Gasteiger partial charge in [0.1, 0.15) is 11.4 Å². The van der Waals surface area contributed by atoms with Crippen molar-refractivity contribution in [3.63, 3.8) is 0 Å². The van der Waals surface area contributed by atoms with E-state index in [0.29, 0.717) is 0 Å². The Morgan fingerprint density at radius 1 is 1.33 bits per heavy atom. The highest BCUT2D eigenvalue weighted by Gasteiger charge is 2.18. The number of nitrogens with one attached hydrogen (secondary N) is 2. The summed E-state index contributed by atoms with van der Waals surface area (Å²) in [5.41, 5.74) is 0.162. The molecule has 1 aromatic carbocycles. The van der Waals surface area contributed by atoms with Crippen LogP contribution in [0.4, 0.5) is 5.69 Å². The van der Waals surface area contributed by atoms with Crippen molar-refractivity contribution in [2.24, 2.45) is 0 Å². The SMILES string of the molecule is O=C(Nc1c(O)c(Cl)cc(Cl)c1Cl)c1ccn[nH]1. The van der Waals surface area contributed by atoms with E-state index in [1.807, 2.05) is 0 Å². The average molecular weight is 307 g/mol. The summed E-state index contributed by atoms with van der Waals surface area (Å²) in [4.78, 5) is 11.8. The van der Waals surface area contributed by atoms with Gasteiger partial charge in [-0.25, -0.2) is 0 Å². The van der Waals surface area contributed by atoms with Crippen LogP contribution in [0.25, 0.3) is 0 Å². The summed E-state index contributed by atoms with van der Waals surface area (Å²) in [6.07, 6.45) is 1.42. The van der Waals surface area contributed by atoms with Crippen molar-refractivity contribution in [1.29, 1.82) is 0 Å². The van der Waals surface area contributed by atoms with Gasteiger partial charge in [-0.3, -0.25) is 9.89 Å². The molecule has 0 unspecified atom stereocenters. The molecule has 18 heavy (non-hydrogen) atoms. The predicted octanol–water partition coefficient (Wildman–Crippen LogP) is 3.33. The lowest BCUT2D eigenvalue weighted by Gasteiger charge is -2.10. The number of hydrogen-bond acceptors (Lipinski definition) is 3. The summed E-state index contributed by atoms with van der Waals surface area (Å²) >= 11 is 17.4. The molecule has 5 nitrogen and oxygen atoms in total. The molecule has 0 bridgehead atoms. The van der Waals surface area contributed by atoms with Gasteiger partial charge in [0.05, 0.1) is 15.1 Å². The topological polar surface area (TPSA) is 78.0 Å². The molecule has 3 N–H and O–H groups in total. The Morgan fingerprint density at radius 2 is 2.06 bits per heavy atom. The van der Waals surface area contributed by atoms with Crippen LogP contribution in [0.2, 0.25) is 15.1 Å². The fourth-order valence-electron chi connectivity index (χ4n) is 1.26. The van der Waals surface area contributed by atoms with Gasteiger partial charge in [0.15, 0.2) is 5.75 Å². The van der Waals surface area contributed by atoms with Crippen LogP contribution in [0.1, 0.15) is 10.5 Å². The van der Waals surface area contributed by atoms with E-state index in [4.69, 9.17) is 34.8 Å². The summed E-state index contributed by atoms with van der Waals surface area (Å²) in [6.45, 7) is 0. The van der Waals surface area contributed by atoms with Gasteiger partial charge in [0, 0.05) is 6.20 Å². The third-order valence-corrected chi connectivity index (χ3v) is 3.21. The number of rotatable bonds is 2. The molecular weight excluding hydrogens is 300 g/mol. The number of aromatic amines is 1. The van der Waals surface area contributed by atoms with Crippen LogP contribution in [-0.4, -0.2) is 21.2 Å². The zero-order valence-corrected chi connectivity index (χ0v) is 10.9. The number of benzene rings is 1. The molecule has 2 aromatic rings. The smallest absolute Gasteiger partial charge is 0.273 e. The number of amides is 1. The lowest BCUT2D eigenvalue weighted by Crippen LogP contribution is -2.13. The number of hydrogen-bond donors (Lipinski definition) is 3. The molecular formula is C10H6Cl3N3O2. The van der Waals surface area contributed by atoms with E-state index < -0.39 is 5.91 Å².